The molecule has 0 amide bonds. The Morgan fingerprint density at radius 2 is 1.68 bits per heavy atom. The molecule has 0 aliphatic carbocycles. The van der Waals surface area contributed by atoms with Gasteiger partial charge in [0.05, 0.1) is 14.2 Å². The van der Waals surface area contributed by atoms with Crippen LogP contribution in [0.1, 0.15) is 21.5 Å². The number of esters is 1. The molecule has 116 valence electrons. The van der Waals surface area contributed by atoms with Gasteiger partial charge in [-0.1, -0.05) is 12.1 Å². The molecule has 2 rings (SSSR count). The Morgan fingerprint density at radius 3 is 2.27 bits per heavy atom. The molecule has 0 aliphatic rings. The van der Waals surface area contributed by atoms with E-state index in [9.17, 15) is 9.90 Å². The zero-order chi connectivity index (χ0) is 16.3. The van der Waals surface area contributed by atoms with Gasteiger partial charge in [0.15, 0.2) is 11.5 Å². The molecule has 0 heterocycles. The average Bonchev–Trinajstić information content (AvgIpc) is 2.53. The summed E-state index contributed by atoms with van der Waals surface area (Å²) >= 11 is 0. The quantitative estimate of drug-likeness (QED) is 0.874. The number of ether oxygens (including phenoxy) is 3. The van der Waals surface area contributed by atoms with Gasteiger partial charge in [0.1, 0.15) is 17.1 Å². The standard InChI is InChI=1S/C17H18O5/c1-10-9-14(15(17(19)21-4)11(2)16(10)18)22-13-8-6-5-7-12(13)20-3/h5-9,18H,1-4H3. The molecule has 0 aliphatic heterocycles. The molecular weight excluding hydrogens is 284 g/mol. The molecule has 5 heteroatoms. The smallest absolute Gasteiger partial charge is 0.342 e. The highest BCUT2D eigenvalue weighted by Gasteiger charge is 2.22. The molecule has 0 unspecified atom stereocenters. The first-order valence-corrected chi connectivity index (χ1v) is 6.72. The van der Waals surface area contributed by atoms with Crippen LogP contribution < -0.4 is 9.47 Å². The maximum absolute atomic E-state index is 12.0. The van der Waals surface area contributed by atoms with Gasteiger partial charge in [-0.3, -0.25) is 0 Å². The van der Waals surface area contributed by atoms with E-state index in [0.717, 1.165) is 0 Å². The molecule has 0 aromatic heterocycles. The van der Waals surface area contributed by atoms with Crippen molar-refractivity contribution in [2.75, 3.05) is 14.2 Å². The molecule has 0 saturated heterocycles. The Kier molecular flexibility index (Phi) is 4.56. The van der Waals surface area contributed by atoms with Crippen molar-refractivity contribution in [3.63, 3.8) is 0 Å². The van der Waals surface area contributed by atoms with Crippen LogP contribution in [0, 0.1) is 13.8 Å². The minimum Gasteiger partial charge on any atom is -0.507 e. The second-order valence-electron chi connectivity index (χ2n) is 4.78. The van der Waals surface area contributed by atoms with Crippen molar-refractivity contribution >= 4 is 5.97 Å². The number of hydrogen-bond acceptors (Lipinski definition) is 5. The van der Waals surface area contributed by atoms with Gasteiger partial charge in [0, 0.05) is 5.56 Å². The normalized spacial score (nSPS) is 10.2. The van der Waals surface area contributed by atoms with E-state index in [-0.39, 0.29) is 11.3 Å². The molecule has 0 radical (unpaired) electrons. The van der Waals surface area contributed by atoms with Crippen molar-refractivity contribution in [2.24, 2.45) is 0 Å². The lowest BCUT2D eigenvalue weighted by molar-refractivity contribution is 0.0596. The van der Waals surface area contributed by atoms with E-state index in [0.29, 0.717) is 28.4 Å². The molecule has 0 bridgehead atoms. The summed E-state index contributed by atoms with van der Waals surface area (Å²) in [5.41, 5.74) is 1.21. The van der Waals surface area contributed by atoms with E-state index in [1.807, 2.05) is 6.07 Å². The number of hydrogen-bond donors (Lipinski definition) is 1. The SMILES string of the molecule is COC(=O)c1c(Oc2ccccc2OC)cc(C)c(O)c1C. The molecule has 1 N–H and O–H groups in total. The van der Waals surface area contributed by atoms with Crippen LogP contribution in [0.4, 0.5) is 0 Å². The van der Waals surface area contributed by atoms with Crippen LogP contribution in [0.15, 0.2) is 30.3 Å². The van der Waals surface area contributed by atoms with Crippen molar-refractivity contribution in [1.82, 2.24) is 0 Å². The second-order valence-corrected chi connectivity index (χ2v) is 4.78. The van der Waals surface area contributed by atoms with E-state index in [4.69, 9.17) is 14.2 Å². The maximum Gasteiger partial charge on any atom is 0.342 e. The Morgan fingerprint density at radius 1 is 1.05 bits per heavy atom. The first kappa shape index (κ1) is 15.7. The molecule has 2 aromatic carbocycles. The predicted octanol–water partition coefficient (Wildman–Crippen LogP) is 3.60. The van der Waals surface area contributed by atoms with E-state index in [1.54, 1.807) is 38.1 Å². The average molecular weight is 302 g/mol. The van der Waals surface area contributed by atoms with Crippen LogP contribution in [-0.2, 0) is 4.74 Å². The first-order chi connectivity index (χ1) is 10.5. The monoisotopic (exact) mass is 302 g/mol. The molecule has 0 atom stereocenters. The summed E-state index contributed by atoms with van der Waals surface area (Å²) in [6, 6.07) is 8.71. The number of phenolic OH excluding ortho intramolecular Hbond substituents is 1. The summed E-state index contributed by atoms with van der Waals surface area (Å²) < 4.78 is 15.9. The van der Waals surface area contributed by atoms with E-state index < -0.39 is 5.97 Å². The van der Waals surface area contributed by atoms with Crippen molar-refractivity contribution < 1.29 is 24.1 Å². The third kappa shape index (κ3) is 2.83. The summed E-state index contributed by atoms with van der Waals surface area (Å²) in [5.74, 6) is 0.802. The highest BCUT2D eigenvalue weighted by atomic mass is 16.5. The molecule has 0 spiro atoms. The Labute approximate surface area is 129 Å². The largest absolute Gasteiger partial charge is 0.507 e. The van der Waals surface area contributed by atoms with Gasteiger partial charge >= 0.3 is 5.97 Å². The van der Waals surface area contributed by atoms with Crippen LogP contribution in [0.25, 0.3) is 0 Å². The highest BCUT2D eigenvalue weighted by Crippen LogP contribution is 2.38. The van der Waals surface area contributed by atoms with Gasteiger partial charge < -0.3 is 19.3 Å². The lowest BCUT2D eigenvalue weighted by atomic mass is 10.0. The third-order valence-electron chi connectivity index (χ3n) is 3.38. The lowest BCUT2D eigenvalue weighted by Gasteiger charge is -2.16. The Bertz CT molecular complexity index is 706. The predicted molar refractivity (Wildman–Crippen MR) is 82.0 cm³/mol. The number of methoxy groups -OCH3 is 2. The summed E-state index contributed by atoms with van der Waals surface area (Å²) in [6.07, 6.45) is 0. The Hall–Kier alpha value is -2.69. The molecule has 2 aromatic rings. The van der Waals surface area contributed by atoms with Gasteiger partial charge in [0.25, 0.3) is 0 Å². The molecule has 5 nitrogen and oxygen atoms in total. The molecule has 22 heavy (non-hydrogen) atoms. The number of phenols is 1. The minimum absolute atomic E-state index is 0.0489. The number of para-hydroxylation sites is 2. The van der Waals surface area contributed by atoms with Crippen LogP contribution in [0.2, 0.25) is 0 Å². The summed E-state index contributed by atoms with van der Waals surface area (Å²) in [4.78, 5) is 12.0. The van der Waals surface area contributed by atoms with E-state index >= 15 is 0 Å². The van der Waals surface area contributed by atoms with Gasteiger partial charge in [-0.25, -0.2) is 4.79 Å². The summed E-state index contributed by atoms with van der Waals surface area (Å²) in [6.45, 7) is 3.38. The fourth-order valence-electron chi connectivity index (χ4n) is 2.19. The highest BCUT2D eigenvalue weighted by molar-refractivity contribution is 5.95. The van der Waals surface area contributed by atoms with Crippen LogP contribution >= 0.6 is 0 Å². The second kappa shape index (κ2) is 6.39. The van der Waals surface area contributed by atoms with Gasteiger partial charge in [-0.2, -0.15) is 0 Å². The van der Waals surface area contributed by atoms with E-state index in [1.165, 1.54) is 14.2 Å². The summed E-state index contributed by atoms with van der Waals surface area (Å²) in [7, 11) is 2.82. The van der Waals surface area contributed by atoms with Crippen molar-refractivity contribution in [3.05, 3.63) is 47.0 Å². The number of aromatic hydroxyl groups is 1. The van der Waals surface area contributed by atoms with Crippen LogP contribution in [0.3, 0.4) is 0 Å². The maximum atomic E-state index is 12.0. The van der Waals surface area contributed by atoms with E-state index in [2.05, 4.69) is 0 Å². The number of aryl methyl sites for hydroxylation is 1. The number of benzene rings is 2. The fraction of sp³-hybridized carbons (Fsp3) is 0.235. The zero-order valence-electron chi connectivity index (χ0n) is 13.0. The number of carbonyl (C=O) groups is 1. The molecular formula is C17H18O5. The van der Waals surface area contributed by atoms with Crippen LogP contribution in [-0.4, -0.2) is 25.3 Å². The van der Waals surface area contributed by atoms with Gasteiger partial charge in [-0.15, -0.1) is 0 Å². The number of rotatable bonds is 4. The van der Waals surface area contributed by atoms with Crippen molar-refractivity contribution in [1.29, 1.82) is 0 Å². The number of carbonyl (C=O) groups excluding carboxylic acids is 1. The van der Waals surface area contributed by atoms with Crippen LogP contribution in [0.5, 0.6) is 23.0 Å². The lowest BCUT2D eigenvalue weighted by Crippen LogP contribution is -2.07. The summed E-state index contributed by atoms with van der Waals surface area (Å²) in [5, 5.41) is 10.0. The topological polar surface area (TPSA) is 65.0 Å². The zero-order valence-corrected chi connectivity index (χ0v) is 13.0. The molecule has 0 fully saturated rings. The molecule has 0 saturated carbocycles. The first-order valence-electron chi connectivity index (χ1n) is 6.72. The van der Waals surface area contributed by atoms with Gasteiger partial charge in [-0.05, 0) is 37.6 Å². The van der Waals surface area contributed by atoms with Crippen molar-refractivity contribution in [2.45, 2.75) is 13.8 Å². The van der Waals surface area contributed by atoms with Crippen molar-refractivity contribution in [3.8, 4) is 23.0 Å². The van der Waals surface area contributed by atoms with Gasteiger partial charge in [0.2, 0.25) is 0 Å². The Balaban J connectivity index is 2.57. The third-order valence-corrected chi connectivity index (χ3v) is 3.38. The minimum atomic E-state index is -0.572. The fourth-order valence-corrected chi connectivity index (χ4v) is 2.19.